The van der Waals surface area contributed by atoms with Crippen LogP contribution in [0.4, 0.5) is 0 Å². The Morgan fingerprint density at radius 2 is 0.774 bits per heavy atom. The summed E-state index contributed by atoms with van der Waals surface area (Å²) in [6.45, 7) is 4.63. The average molecular weight is 682 g/mol. The van der Waals surface area contributed by atoms with E-state index in [-0.39, 0.29) is 5.41 Å². The maximum absolute atomic E-state index is 6.52. The lowest BCUT2D eigenvalue weighted by atomic mass is 9.82. The second kappa shape index (κ2) is 11.1. The summed E-state index contributed by atoms with van der Waals surface area (Å²) in [7, 11) is 0. The van der Waals surface area contributed by atoms with Crippen LogP contribution in [0.2, 0.25) is 0 Å². The van der Waals surface area contributed by atoms with Crippen molar-refractivity contribution in [2.45, 2.75) is 19.3 Å². The zero-order valence-corrected chi connectivity index (χ0v) is 29.1. The lowest BCUT2D eigenvalue weighted by Crippen LogP contribution is -2.14. The third-order valence-corrected chi connectivity index (χ3v) is 11.0. The van der Waals surface area contributed by atoms with E-state index < -0.39 is 0 Å². The van der Waals surface area contributed by atoms with Gasteiger partial charge >= 0.3 is 0 Å². The van der Waals surface area contributed by atoms with Crippen LogP contribution in [0.5, 0.6) is 0 Å². The minimum atomic E-state index is -0.124. The van der Waals surface area contributed by atoms with Gasteiger partial charge in [-0.3, -0.25) is 0 Å². The van der Waals surface area contributed by atoms with Crippen LogP contribution in [-0.4, -0.2) is 15.0 Å². The van der Waals surface area contributed by atoms with Crippen molar-refractivity contribution in [2.75, 3.05) is 0 Å². The van der Waals surface area contributed by atoms with Gasteiger partial charge < -0.3 is 8.83 Å². The molecule has 0 N–H and O–H groups in total. The van der Waals surface area contributed by atoms with E-state index in [2.05, 4.69) is 105 Å². The van der Waals surface area contributed by atoms with Crippen LogP contribution in [0.1, 0.15) is 25.0 Å². The summed E-state index contributed by atoms with van der Waals surface area (Å²) in [5.41, 5.74) is 12.9. The first-order chi connectivity index (χ1) is 26.0. The zero-order valence-electron chi connectivity index (χ0n) is 29.1. The second-order valence-corrected chi connectivity index (χ2v) is 14.3. The minimum Gasteiger partial charge on any atom is -0.455 e. The molecule has 5 heteroatoms. The Bertz CT molecular complexity index is 2980. The summed E-state index contributed by atoms with van der Waals surface area (Å²) in [6.07, 6.45) is 0. The third kappa shape index (κ3) is 4.34. The van der Waals surface area contributed by atoms with E-state index in [9.17, 15) is 0 Å². The molecule has 1 aliphatic rings. The molecule has 0 aliphatic heterocycles. The fourth-order valence-corrected chi connectivity index (χ4v) is 8.48. The zero-order chi connectivity index (χ0) is 35.3. The molecule has 0 radical (unpaired) electrons. The molecule has 3 aromatic heterocycles. The lowest BCUT2D eigenvalue weighted by molar-refractivity contribution is 0.660. The quantitative estimate of drug-likeness (QED) is 0.185. The molecule has 0 amide bonds. The van der Waals surface area contributed by atoms with Gasteiger partial charge in [-0.25, -0.2) is 15.0 Å². The number of hydrogen-bond donors (Lipinski definition) is 0. The van der Waals surface area contributed by atoms with E-state index in [1.54, 1.807) is 0 Å². The molecule has 10 aromatic rings. The van der Waals surface area contributed by atoms with Crippen molar-refractivity contribution < 1.29 is 8.83 Å². The molecule has 250 valence electrons. The Hall–Kier alpha value is -6.85. The fraction of sp³-hybridized carbons (Fsp3) is 0.0625. The molecule has 53 heavy (non-hydrogen) atoms. The van der Waals surface area contributed by atoms with Crippen molar-refractivity contribution in [3.63, 3.8) is 0 Å². The van der Waals surface area contributed by atoms with Gasteiger partial charge in [0.05, 0.1) is 11.1 Å². The molecule has 3 heterocycles. The first-order valence-corrected chi connectivity index (χ1v) is 17.9. The molecule has 0 saturated heterocycles. The normalized spacial score (nSPS) is 13.2. The van der Waals surface area contributed by atoms with E-state index in [1.165, 1.54) is 22.3 Å². The van der Waals surface area contributed by atoms with Crippen LogP contribution in [0, 0.1) is 0 Å². The number of hydrogen-bond acceptors (Lipinski definition) is 5. The SMILES string of the molecule is CC1(C)c2ccccc2-c2c(-c3ccccc3-c3nc(-c4cccc5c4oc4ccccc45)nc(-c4cccc5c4oc4ccccc45)n3)cccc21. The smallest absolute Gasteiger partial charge is 0.167 e. The number of para-hydroxylation sites is 4. The summed E-state index contributed by atoms with van der Waals surface area (Å²) < 4.78 is 13.0. The summed E-state index contributed by atoms with van der Waals surface area (Å²) in [5, 5.41) is 4.14. The van der Waals surface area contributed by atoms with Gasteiger partial charge in [0.15, 0.2) is 17.5 Å². The van der Waals surface area contributed by atoms with E-state index in [0.717, 1.165) is 71.7 Å². The summed E-state index contributed by atoms with van der Waals surface area (Å²) >= 11 is 0. The molecular weight excluding hydrogens is 651 g/mol. The number of nitrogens with zero attached hydrogens (tertiary/aromatic N) is 3. The highest BCUT2D eigenvalue weighted by molar-refractivity contribution is 6.10. The fourth-order valence-electron chi connectivity index (χ4n) is 8.48. The van der Waals surface area contributed by atoms with Gasteiger partial charge in [0, 0.05) is 32.5 Å². The maximum atomic E-state index is 6.52. The van der Waals surface area contributed by atoms with Gasteiger partial charge in [-0.2, -0.15) is 0 Å². The first-order valence-electron chi connectivity index (χ1n) is 17.9. The Balaban J connectivity index is 1.19. The molecule has 0 bridgehead atoms. The molecule has 0 fully saturated rings. The summed E-state index contributed by atoms with van der Waals surface area (Å²) in [6, 6.07) is 52.5. The molecule has 0 saturated carbocycles. The first kappa shape index (κ1) is 29.8. The predicted octanol–water partition coefficient (Wildman–Crippen LogP) is 12.6. The van der Waals surface area contributed by atoms with Crippen LogP contribution in [0.15, 0.2) is 160 Å². The molecule has 11 rings (SSSR count). The largest absolute Gasteiger partial charge is 0.455 e. The highest BCUT2D eigenvalue weighted by atomic mass is 16.3. The number of furan rings is 2. The van der Waals surface area contributed by atoms with Crippen molar-refractivity contribution in [1.29, 1.82) is 0 Å². The van der Waals surface area contributed by atoms with Crippen molar-refractivity contribution >= 4 is 43.9 Å². The molecule has 0 spiro atoms. The van der Waals surface area contributed by atoms with Gasteiger partial charge in [0.2, 0.25) is 0 Å². The van der Waals surface area contributed by atoms with Gasteiger partial charge in [-0.15, -0.1) is 0 Å². The van der Waals surface area contributed by atoms with Crippen LogP contribution in [0.3, 0.4) is 0 Å². The Kier molecular flexibility index (Phi) is 6.23. The van der Waals surface area contributed by atoms with Gasteiger partial charge in [0.25, 0.3) is 0 Å². The van der Waals surface area contributed by atoms with Crippen LogP contribution in [-0.2, 0) is 5.41 Å². The molecule has 1 aliphatic carbocycles. The third-order valence-electron chi connectivity index (χ3n) is 11.0. The minimum absolute atomic E-state index is 0.124. The highest BCUT2D eigenvalue weighted by Gasteiger charge is 2.37. The maximum Gasteiger partial charge on any atom is 0.167 e. The lowest BCUT2D eigenvalue weighted by Gasteiger charge is -2.21. The van der Waals surface area contributed by atoms with Crippen LogP contribution >= 0.6 is 0 Å². The molecule has 5 nitrogen and oxygen atoms in total. The van der Waals surface area contributed by atoms with Crippen molar-refractivity contribution in [3.05, 3.63) is 163 Å². The molecule has 0 unspecified atom stereocenters. The molecule has 0 atom stereocenters. The van der Waals surface area contributed by atoms with E-state index >= 15 is 0 Å². The standard InChI is InChI=1S/C48H31N3O2/c1-48(2)38-24-8-5-18-35(38)42-31(19-13-25-39(42)48)28-14-3-4-17-34(28)45-49-46(36-22-11-20-32-29-15-6-9-26-40(29)52-43(32)36)51-47(50-45)37-23-12-21-33-30-16-7-10-27-41(30)53-44(33)37/h3-27H,1-2H3. The van der Waals surface area contributed by atoms with Crippen LogP contribution in [0.25, 0.3) is 100 Å². The number of fused-ring (bicyclic) bond motifs is 9. The predicted molar refractivity (Wildman–Crippen MR) is 214 cm³/mol. The van der Waals surface area contributed by atoms with Gasteiger partial charge in [0.1, 0.15) is 22.3 Å². The summed E-state index contributed by atoms with van der Waals surface area (Å²) in [5.74, 6) is 1.63. The van der Waals surface area contributed by atoms with E-state index in [4.69, 9.17) is 23.8 Å². The van der Waals surface area contributed by atoms with Crippen LogP contribution < -0.4 is 0 Å². The Morgan fingerprint density at radius 1 is 0.358 bits per heavy atom. The molecular formula is C48H31N3O2. The number of aromatic nitrogens is 3. The monoisotopic (exact) mass is 681 g/mol. The molecule has 7 aromatic carbocycles. The van der Waals surface area contributed by atoms with E-state index in [0.29, 0.717) is 17.5 Å². The highest BCUT2D eigenvalue weighted by Crippen LogP contribution is 2.53. The summed E-state index contributed by atoms with van der Waals surface area (Å²) in [4.78, 5) is 15.8. The van der Waals surface area contributed by atoms with E-state index in [1.807, 2.05) is 60.7 Å². The van der Waals surface area contributed by atoms with Crippen molar-refractivity contribution in [3.8, 4) is 56.4 Å². The Labute approximate surface area is 305 Å². The Morgan fingerprint density at radius 3 is 1.40 bits per heavy atom. The second-order valence-electron chi connectivity index (χ2n) is 14.3. The van der Waals surface area contributed by atoms with Gasteiger partial charge in [-0.05, 0) is 57.6 Å². The number of benzene rings is 7. The number of rotatable bonds is 4. The average Bonchev–Trinajstić information content (AvgIpc) is 3.86. The van der Waals surface area contributed by atoms with Gasteiger partial charge in [-0.1, -0.05) is 141 Å². The topological polar surface area (TPSA) is 65.0 Å². The van der Waals surface area contributed by atoms with Crippen molar-refractivity contribution in [1.82, 2.24) is 15.0 Å². The van der Waals surface area contributed by atoms with Crippen molar-refractivity contribution in [2.24, 2.45) is 0 Å².